The first-order chi connectivity index (χ1) is 16.7. The van der Waals surface area contributed by atoms with Gasteiger partial charge in [-0.3, -0.25) is 0 Å². The van der Waals surface area contributed by atoms with Crippen molar-refractivity contribution in [1.29, 1.82) is 0 Å². The van der Waals surface area contributed by atoms with Crippen molar-refractivity contribution < 1.29 is 9.59 Å². The van der Waals surface area contributed by atoms with E-state index in [9.17, 15) is 9.59 Å². The van der Waals surface area contributed by atoms with Gasteiger partial charge in [0.1, 0.15) is 0 Å². The number of thiophene rings is 1. The van der Waals surface area contributed by atoms with Crippen molar-refractivity contribution in [2.75, 3.05) is 4.90 Å². The number of anilines is 3. The van der Waals surface area contributed by atoms with E-state index in [1.807, 2.05) is 29.7 Å². The van der Waals surface area contributed by atoms with Gasteiger partial charge in [0, 0.05) is 0 Å². The van der Waals surface area contributed by atoms with Gasteiger partial charge >= 0.3 is 211 Å². The molecule has 2 aromatic heterocycles. The summed E-state index contributed by atoms with van der Waals surface area (Å²) in [5.74, 6) is -0.325. The predicted octanol–water partition coefficient (Wildman–Crippen LogP) is 7.36. The van der Waals surface area contributed by atoms with Gasteiger partial charge in [0.05, 0.1) is 0 Å². The number of rotatable bonds is 2. The molecule has 0 N–H and O–H groups in total. The van der Waals surface area contributed by atoms with Crippen LogP contribution in [0.4, 0.5) is 15.9 Å². The Kier molecular flexibility index (Phi) is 4.58. The van der Waals surface area contributed by atoms with Crippen LogP contribution in [0.25, 0.3) is 16.2 Å². The Morgan fingerprint density at radius 3 is 2.18 bits per heavy atom. The molecule has 3 heterocycles. The minimum absolute atomic E-state index is 0.0368. The van der Waals surface area contributed by atoms with Crippen molar-refractivity contribution in [3.63, 3.8) is 0 Å². The molecule has 34 heavy (non-hydrogen) atoms. The summed E-state index contributed by atoms with van der Waals surface area (Å²) >= 11 is 3.34. The molecule has 7 rings (SSSR count). The van der Waals surface area contributed by atoms with Gasteiger partial charge in [-0.05, 0) is 0 Å². The van der Waals surface area contributed by atoms with Gasteiger partial charge in [-0.15, -0.1) is 0 Å². The Labute approximate surface area is 210 Å². The number of carbonyl (C=O) groups is 2. The second-order valence-corrected chi connectivity index (χ2v) is 12.4. The van der Waals surface area contributed by atoms with Crippen molar-refractivity contribution in [3.8, 4) is 0 Å². The third-order valence-corrected chi connectivity index (χ3v) is 10.3. The van der Waals surface area contributed by atoms with Crippen LogP contribution in [0.1, 0.15) is 25.2 Å². The van der Waals surface area contributed by atoms with E-state index >= 15 is 0 Å². The second-order valence-electron chi connectivity index (χ2n) is 8.12. The first-order valence-corrected chi connectivity index (χ1v) is 14.2. The Bertz CT molecular complexity index is 1600. The molecular formula is C28H15NO2S2Se. The molecule has 162 valence electrons. The predicted molar refractivity (Wildman–Crippen MR) is 141 cm³/mol. The van der Waals surface area contributed by atoms with Crippen molar-refractivity contribution >= 4 is 81.3 Å². The number of Topliss-reactive ketones (excluding diaryl/α,β-unsaturated/α-hetero) is 2. The van der Waals surface area contributed by atoms with Gasteiger partial charge in [-0.2, -0.15) is 0 Å². The number of carbonyl (C=O) groups excluding carboxylic acids is 2. The van der Waals surface area contributed by atoms with E-state index in [0.717, 1.165) is 14.5 Å². The average Bonchev–Trinajstić information content (AvgIpc) is 3.57. The van der Waals surface area contributed by atoms with Crippen molar-refractivity contribution in [1.82, 2.24) is 0 Å². The van der Waals surface area contributed by atoms with Crippen molar-refractivity contribution in [2.45, 2.75) is 9.79 Å². The van der Waals surface area contributed by atoms with Gasteiger partial charge in [0.25, 0.3) is 0 Å². The van der Waals surface area contributed by atoms with Gasteiger partial charge in [0.2, 0.25) is 0 Å². The molecule has 5 aromatic rings. The first kappa shape index (κ1) is 20.2. The molecule has 0 atom stereocenters. The van der Waals surface area contributed by atoms with Crippen LogP contribution in [0.5, 0.6) is 0 Å². The summed E-state index contributed by atoms with van der Waals surface area (Å²) in [5, 5.41) is 3.00. The topological polar surface area (TPSA) is 37.4 Å². The minimum atomic E-state index is -0.164. The van der Waals surface area contributed by atoms with E-state index in [2.05, 4.69) is 65.6 Å². The van der Waals surface area contributed by atoms with E-state index < -0.39 is 0 Å². The first-order valence-electron chi connectivity index (χ1n) is 10.8. The number of nitrogens with zero attached hydrogens (tertiary/aromatic N) is 1. The van der Waals surface area contributed by atoms with Crippen molar-refractivity contribution in [2.24, 2.45) is 0 Å². The normalized spacial score (nSPS) is 15.6. The zero-order valence-electron chi connectivity index (χ0n) is 17.6. The zero-order chi connectivity index (χ0) is 22.8. The third-order valence-electron chi connectivity index (χ3n) is 6.12. The molecule has 0 fully saturated rings. The summed E-state index contributed by atoms with van der Waals surface area (Å²) < 4.78 is 3.26. The van der Waals surface area contributed by atoms with Crippen LogP contribution in [0.3, 0.4) is 0 Å². The van der Waals surface area contributed by atoms with Crippen LogP contribution in [0.2, 0.25) is 0 Å². The molecule has 2 aliphatic rings. The van der Waals surface area contributed by atoms with Crippen LogP contribution in [0, 0.1) is 0 Å². The number of para-hydroxylation sites is 2. The summed E-state index contributed by atoms with van der Waals surface area (Å²) in [6, 6.07) is 26.8. The van der Waals surface area contributed by atoms with Crippen LogP contribution >= 0.6 is 23.1 Å². The third kappa shape index (κ3) is 3.04. The number of ketones is 2. The molecule has 0 amide bonds. The SMILES string of the molecule is O=C1/C(=C\c2ccc(N3c4ccccc4Sc4ccccc43)[se]2)C(=O)c2cc3sccc3cc21. The van der Waals surface area contributed by atoms with Crippen LogP contribution in [-0.4, -0.2) is 26.1 Å². The Morgan fingerprint density at radius 1 is 0.765 bits per heavy atom. The number of hydrogen-bond donors (Lipinski definition) is 0. The fraction of sp³-hybridized carbons (Fsp3) is 0. The summed E-state index contributed by atoms with van der Waals surface area (Å²) in [6.07, 6.45) is 1.82. The standard InChI is InChI=1S/C28H15NO2S2Se/c30-27-18-13-16-11-12-32-25(16)15-19(18)28(31)20(27)14-17-9-10-26(34-17)29-21-5-1-3-7-23(21)33-24-8-4-2-6-22(24)29/h1-15H/b20-14+. The number of benzene rings is 3. The van der Waals surface area contributed by atoms with Gasteiger partial charge in [-0.25, -0.2) is 0 Å². The Balaban J connectivity index is 1.30. The number of fused-ring (bicyclic) bond motifs is 4. The number of hydrogen-bond acceptors (Lipinski definition) is 5. The summed E-state index contributed by atoms with van der Waals surface area (Å²) in [7, 11) is 0. The van der Waals surface area contributed by atoms with Crippen LogP contribution in [-0.2, 0) is 0 Å². The molecule has 0 bridgehead atoms. The van der Waals surface area contributed by atoms with Gasteiger partial charge in [-0.1, -0.05) is 0 Å². The summed E-state index contributed by atoms with van der Waals surface area (Å²) in [5.41, 5.74) is 3.67. The molecule has 0 unspecified atom stereocenters. The van der Waals surface area contributed by atoms with E-state index in [4.69, 9.17) is 0 Å². The second kappa shape index (κ2) is 7.69. The van der Waals surface area contributed by atoms with Crippen molar-refractivity contribution in [3.05, 3.63) is 105 Å². The van der Waals surface area contributed by atoms with E-state index in [0.29, 0.717) is 11.1 Å². The van der Waals surface area contributed by atoms with E-state index in [1.54, 1.807) is 23.1 Å². The van der Waals surface area contributed by atoms with Gasteiger partial charge < -0.3 is 0 Å². The molecule has 6 heteroatoms. The summed E-state index contributed by atoms with van der Waals surface area (Å²) in [4.78, 5) is 31.0. The molecule has 1 aliphatic carbocycles. The quantitative estimate of drug-likeness (QED) is 0.131. The molecule has 0 saturated carbocycles. The molecule has 0 saturated heterocycles. The monoisotopic (exact) mass is 541 g/mol. The fourth-order valence-electron chi connectivity index (χ4n) is 4.53. The van der Waals surface area contributed by atoms with E-state index in [1.165, 1.54) is 25.7 Å². The number of allylic oxidation sites excluding steroid dienone is 1. The van der Waals surface area contributed by atoms with Crippen LogP contribution < -0.4 is 4.90 Å². The fourth-order valence-corrected chi connectivity index (χ4v) is 8.45. The molecule has 0 spiro atoms. The summed E-state index contributed by atoms with van der Waals surface area (Å²) in [6.45, 7) is 0. The maximum absolute atomic E-state index is 13.1. The Morgan fingerprint density at radius 2 is 1.44 bits per heavy atom. The van der Waals surface area contributed by atoms with Gasteiger partial charge in [0.15, 0.2) is 0 Å². The maximum atomic E-state index is 13.1. The Hall–Kier alpha value is -3.15. The molecule has 1 aliphatic heterocycles. The molecule has 3 aromatic carbocycles. The molecule has 3 nitrogen and oxygen atoms in total. The zero-order valence-corrected chi connectivity index (χ0v) is 21.0. The molecular weight excluding hydrogens is 525 g/mol. The van der Waals surface area contributed by atoms with Crippen LogP contribution in [0.15, 0.2) is 99.6 Å². The average molecular weight is 541 g/mol. The van der Waals surface area contributed by atoms with E-state index in [-0.39, 0.29) is 31.6 Å². The molecule has 0 radical (unpaired) electrons.